The number of ether oxygens (including phenoxy) is 2. The quantitative estimate of drug-likeness (QED) is 0.849. The molecule has 0 atom stereocenters. The number of methoxy groups -OCH3 is 1. The smallest absolute Gasteiger partial charge is 0.227 e. The number of benzene rings is 1. The molecule has 5 heteroatoms. The SMILES string of the molecule is COc1ccc(CC(=O)N2CC(Oc3cccc(C)n3)C2)cc1. The van der Waals surface area contributed by atoms with Crippen molar-refractivity contribution < 1.29 is 14.3 Å². The zero-order valence-electron chi connectivity index (χ0n) is 13.4. The van der Waals surface area contributed by atoms with Gasteiger partial charge in [-0.05, 0) is 30.7 Å². The molecule has 120 valence electrons. The molecular weight excluding hydrogens is 292 g/mol. The molecule has 0 N–H and O–H groups in total. The molecule has 5 nitrogen and oxygen atoms in total. The summed E-state index contributed by atoms with van der Waals surface area (Å²) in [5, 5.41) is 0. The number of aromatic nitrogens is 1. The van der Waals surface area contributed by atoms with Crippen LogP contribution in [-0.4, -0.2) is 42.1 Å². The lowest BCUT2D eigenvalue weighted by molar-refractivity contribution is -0.139. The summed E-state index contributed by atoms with van der Waals surface area (Å²) in [4.78, 5) is 18.3. The fourth-order valence-electron chi connectivity index (χ4n) is 2.50. The number of aryl methyl sites for hydroxylation is 1. The first-order valence-electron chi connectivity index (χ1n) is 7.65. The number of rotatable bonds is 5. The molecule has 1 aromatic carbocycles. The third-order valence-electron chi connectivity index (χ3n) is 3.87. The van der Waals surface area contributed by atoms with Gasteiger partial charge in [0.1, 0.15) is 11.9 Å². The highest BCUT2D eigenvalue weighted by Crippen LogP contribution is 2.18. The minimum atomic E-state index is 0.0316. The molecule has 1 amide bonds. The molecule has 0 radical (unpaired) electrons. The topological polar surface area (TPSA) is 51.7 Å². The van der Waals surface area contributed by atoms with E-state index in [1.807, 2.05) is 54.3 Å². The van der Waals surface area contributed by atoms with Crippen molar-refractivity contribution in [3.63, 3.8) is 0 Å². The van der Waals surface area contributed by atoms with Gasteiger partial charge in [0.05, 0.1) is 26.6 Å². The van der Waals surface area contributed by atoms with E-state index in [9.17, 15) is 4.79 Å². The molecule has 1 aliphatic heterocycles. The molecule has 0 bridgehead atoms. The number of pyridine rings is 1. The standard InChI is InChI=1S/C18H20N2O3/c1-13-4-3-5-17(19-13)23-16-11-20(12-16)18(21)10-14-6-8-15(22-2)9-7-14/h3-9,16H,10-12H2,1-2H3. The first-order valence-corrected chi connectivity index (χ1v) is 7.65. The van der Waals surface area contributed by atoms with E-state index in [0.29, 0.717) is 25.4 Å². The van der Waals surface area contributed by atoms with Crippen LogP contribution in [-0.2, 0) is 11.2 Å². The number of amides is 1. The predicted molar refractivity (Wildman–Crippen MR) is 86.7 cm³/mol. The Hall–Kier alpha value is -2.56. The summed E-state index contributed by atoms with van der Waals surface area (Å²) in [5.41, 5.74) is 1.91. The maximum Gasteiger partial charge on any atom is 0.227 e. The number of carbonyl (C=O) groups excluding carboxylic acids is 1. The van der Waals surface area contributed by atoms with Gasteiger partial charge in [0.15, 0.2) is 0 Å². The Labute approximate surface area is 135 Å². The predicted octanol–water partition coefficient (Wildman–Crippen LogP) is 2.23. The summed E-state index contributed by atoms with van der Waals surface area (Å²) < 4.78 is 10.9. The number of hydrogen-bond donors (Lipinski definition) is 0. The molecule has 1 saturated heterocycles. The zero-order valence-corrected chi connectivity index (χ0v) is 13.4. The van der Waals surface area contributed by atoms with E-state index in [1.54, 1.807) is 7.11 Å². The minimum absolute atomic E-state index is 0.0316. The van der Waals surface area contributed by atoms with E-state index < -0.39 is 0 Å². The molecule has 0 unspecified atom stereocenters. The summed E-state index contributed by atoms with van der Waals surface area (Å²) >= 11 is 0. The lowest BCUT2D eigenvalue weighted by Crippen LogP contribution is -2.56. The van der Waals surface area contributed by atoms with Gasteiger partial charge in [-0.15, -0.1) is 0 Å². The normalized spacial score (nSPS) is 14.3. The number of hydrogen-bond acceptors (Lipinski definition) is 4. The monoisotopic (exact) mass is 312 g/mol. The van der Waals surface area contributed by atoms with Gasteiger partial charge in [0, 0.05) is 11.8 Å². The van der Waals surface area contributed by atoms with Crippen LogP contribution in [0.2, 0.25) is 0 Å². The number of carbonyl (C=O) groups is 1. The van der Waals surface area contributed by atoms with Crippen molar-refractivity contribution >= 4 is 5.91 Å². The average Bonchev–Trinajstić information content (AvgIpc) is 2.51. The number of nitrogens with zero attached hydrogens (tertiary/aromatic N) is 2. The van der Waals surface area contributed by atoms with E-state index in [-0.39, 0.29) is 12.0 Å². The van der Waals surface area contributed by atoms with Crippen LogP contribution in [0.25, 0.3) is 0 Å². The van der Waals surface area contributed by atoms with Crippen molar-refractivity contribution in [3.8, 4) is 11.6 Å². The Morgan fingerprint density at radius 2 is 1.96 bits per heavy atom. The second-order valence-electron chi connectivity index (χ2n) is 5.68. The molecule has 3 rings (SSSR count). The zero-order chi connectivity index (χ0) is 16.2. The molecule has 1 fully saturated rings. The first-order chi connectivity index (χ1) is 11.1. The summed E-state index contributed by atoms with van der Waals surface area (Å²) in [6.45, 7) is 3.16. The molecule has 1 aromatic heterocycles. The Morgan fingerprint density at radius 3 is 2.61 bits per heavy atom. The van der Waals surface area contributed by atoms with Gasteiger partial charge in [-0.1, -0.05) is 18.2 Å². The summed E-state index contributed by atoms with van der Waals surface area (Å²) in [7, 11) is 1.63. The van der Waals surface area contributed by atoms with Crippen LogP contribution in [0, 0.1) is 6.92 Å². The van der Waals surface area contributed by atoms with Crippen molar-refractivity contribution in [2.45, 2.75) is 19.4 Å². The molecule has 2 aromatic rings. The summed E-state index contributed by atoms with van der Waals surface area (Å²) in [6, 6.07) is 13.3. The van der Waals surface area contributed by atoms with Crippen molar-refractivity contribution in [2.24, 2.45) is 0 Å². The lowest BCUT2D eigenvalue weighted by atomic mass is 10.1. The van der Waals surface area contributed by atoms with Crippen molar-refractivity contribution in [1.82, 2.24) is 9.88 Å². The highest BCUT2D eigenvalue weighted by molar-refractivity contribution is 5.79. The summed E-state index contributed by atoms with van der Waals surface area (Å²) in [6.07, 6.45) is 0.434. The second-order valence-corrected chi connectivity index (χ2v) is 5.68. The van der Waals surface area contributed by atoms with E-state index >= 15 is 0 Å². The minimum Gasteiger partial charge on any atom is -0.497 e. The fraction of sp³-hybridized carbons (Fsp3) is 0.333. The maximum absolute atomic E-state index is 12.2. The fourth-order valence-corrected chi connectivity index (χ4v) is 2.50. The lowest BCUT2D eigenvalue weighted by Gasteiger charge is -2.38. The van der Waals surface area contributed by atoms with Crippen LogP contribution in [0.1, 0.15) is 11.3 Å². The van der Waals surface area contributed by atoms with Crippen LogP contribution >= 0.6 is 0 Å². The van der Waals surface area contributed by atoms with Gasteiger partial charge >= 0.3 is 0 Å². The average molecular weight is 312 g/mol. The first kappa shape index (κ1) is 15.3. The van der Waals surface area contributed by atoms with E-state index in [4.69, 9.17) is 9.47 Å². The Bertz CT molecular complexity index is 679. The van der Waals surface area contributed by atoms with Gasteiger partial charge in [0.2, 0.25) is 11.8 Å². The Balaban J connectivity index is 1.47. The molecular formula is C18H20N2O3. The van der Waals surface area contributed by atoms with E-state index in [1.165, 1.54) is 0 Å². The van der Waals surface area contributed by atoms with Gasteiger partial charge < -0.3 is 14.4 Å². The molecule has 0 spiro atoms. The Kier molecular flexibility index (Phi) is 4.46. The second kappa shape index (κ2) is 6.69. The molecule has 2 heterocycles. The van der Waals surface area contributed by atoms with Crippen LogP contribution in [0.3, 0.4) is 0 Å². The molecule has 23 heavy (non-hydrogen) atoms. The highest BCUT2D eigenvalue weighted by atomic mass is 16.5. The largest absolute Gasteiger partial charge is 0.497 e. The third-order valence-corrected chi connectivity index (χ3v) is 3.87. The van der Waals surface area contributed by atoms with Crippen molar-refractivity contribution in [3.05, 3.63) is 53.7 Å². The van der Waals surface area contributed by atoms with Crippen molar-refractivity contribution in [1.29, 1.82) is 0 Å². The van der Waals surface area contributed by atoms with Crippen LogP contribution in [0.15, 0.2) is 42.5 Å². The molecule has 0 aliphatic carbocycles. The van der Waals surface area contributed by atoms with Crippen molar-refractivity contribution in [2.75, 3.05) is 20.2 Å². The molecule has 1 aliphatic rings. The van der Waals surface area contributed by atoms with Crippen LogP contribution in [0.4, 0.5) is 0 Å². The Morgan fingerprint density at radius 1 is 1.22 bits per heavy atom. The summed E-state index contributed by atoms with van der Waals surface area (Å²) in [5.74, 6) is 1.54. The molecule has 0 saturated carbocycles. The van der Waals surface area contributed by atoms with Gasteiger partial charge in [0.25, 0.3) is 0 Å². The van der Waals surface area contributed by atoms with E-state index in [0.717, 1.165) is 17.0 Å². The van der Waals surface area contributed by atoms with Crippen LogP contribution < -0.4 is 9.47 Å². The third kappa shape index (κ3) is 3.80. The van der Waals surface area contributed by atoms with Gasteiger partial charge in [-0.2, -0.15) is 0 Å². The highest BCUT2D eigenvalue weighted by Gasteiger charge is 2.32. The van der Waals surface area contributed by atoms with Gasteiger partial charge in [-0.3, -0.25) is 4.79 Å². The maximum atomic E-state index is 12.2. The van der Waals surface area contributed by atoms with E-state index in [2.05, 4.69) is 4.98 Å². The van der Waals surface area contributed by atoms with Gasteiger partial charge in [-0.25, -0.2) is 4.98 Å². The van der Waals surface area contributed by atoms with Crippen LogP contribution in [0.5, 0.6) is 11.6 Å². The number of likely N-dealkylation sites (tertiary alicyclic amines) is 1.